The van der Waals surface area contributed by atoms with E-state index in [0.29, 0.717) is 17.6 Å². The molecular weight excluding hydrogens is 424 g/mol. The first-order valence-electron chi connectivity index (χ1n) is 8.45. The molecule has 4 aromatic rings. The lowest BCUT2D eigenvalue weighted by Crippen LogP contribution is -2.12. The summed E-state index contributed by atoms with van der Waals surface area (Å²) in [6.07, 6.45) is 0.510. The fraction of sp³-hybridized carbons (Fsp3) is 0.143. The van der Waals surface area contributed by atoms with Crippen LogP contribution in [-0.2, 0) is 6.42 Å². The summed E-state index contributed by atoms with van der Waals surface area (Å²) >= 11 is 5.08. The summed E-state index contributed by atoms with van der Waals surface area (Å²) < 4.78 is 6.36. The van der Waals surface area contributed by atoms with Crippen LogP contribution in [0.4, 0.5) is 0 Å². The van der Waals surface area contributed by atoms with E-state index in [4.69, 9.17) is 9.72 Å². The van der Waals surface area contributed by atoms with Crippen molar-refractivity contribution in [3.8, 4) is 16.9 Å². The molecule has 0 radical (unpaired) electrons. The second kappa shape index (κ2) is 7.29. The zero-order valence-corrected chi connectivity index (χ0v) is 17.3. The van der Waals surface area contributed by atoms with Gasteiger partial charge in [0.15, 0.2) is 0 Å². The molecule has 4 nitrogen and oxygen atoms in total. The summed E-state index contributed by atoms with van der Waals surface area (Å²) in [6, 6.07) is 13.9. The molecule has 0 atom stereocenters. The molecule has 0 unspecified atom stereocenters. The summed E-state index contributed by atoms with van der Waals surface area (Å²) in [5, 5.41) is 2.63. The highest BCUT2D eigenvalue weighted by Gasteiger charge is 2.16. The van der Waals surface area contributed by atoms with Gasteiger partial charge in [0.2, 0.25) is 0 Å². The van der Waals surface area contributed by atoms with Gasteiger partial charge in [0.25, 0.3) is 5.56 Å². The summed E-state index contributed by atoms with van der Waals surface area (Å²) in [5.41, 5.74) is 3.93. The number of para-hydroxylation sites is 1. The predicted octanol–water partition coefficient (Wildman–Crippen LogP) is 5.32. The highest BCUT2D eigenvalue weighted by molar-refractivity contribution is 9.10. The van der Waals surface area contributed by atoms with Crippen molar-refractivity contribution in [1.82, 2.24) is 9.97 Å². The van der Waals surface area contributed by atoms with E-state index in [-0.39, 0.29) is 5.56 Å². The van der Waals surface area contributed by atoms with Gasteiger partial charge in [-0.05, 0) is 24.6 Å². The molecule has 0 spiro atoms. The summed E-state index contributed by atoms with van der Waals surface area (Å²) in [5.74, 6) is 1.42. The normalized spacial score (nSPS) is 11.1. The van der Waals surface area contributed by atoms with Gasteiger partial charge in [-0.15, -0.1) is 11.3 Å². The third kappa shape index (κ3) is 3.42. The molecular formula is C21H17BrN2O2S. The lowest BCUT2D eigenvalue weighted by atomic mass is 10.0. The maximum atomic E-state index is 12.9. The van der Waals surface area contributed by atoms with Gasteiger partial charge in [-0.25, -0.2) is 4.98 Å². The number of H-pyrrole nitrogens is 1. The molecule has 0 amide bonds. The Hall–Kier alpha value is -2.44. The Morgan fingerprint density at radius 2 is 2.00 bits per heavy atom. The SMILES string of the molecule is COc1ccccc1Cc1nc2scc(-c3cc(C)ccc3Br)c2c(=O)[nH]1. The van der Waals surface area contributed by atoms with Crippen molar-refractivity contribution in [3.63, 3.8) is 0 Å². The molecule has 0 fully saturated rings. The van der Waals surface area contributed by atoms with Gasteiger partial charge >= 0.3 is 0 Å². The number of thiophene rings is 1. The molecule has 1 N–H and O–H groups in total. The molecule has 2 aromatic carbocycles. The molecule has 6 heteroatoms. The first-order valence-corrected chi connectivity index (χ1v) is 10.1. The first-order chi connectivity index (χ1) is 13.1. The minimum Gasteiger partial charge on any atom is -0.496 e. The Labute approximate surface area is 169 Å². The number of rotatable bonds is 4. The Kier molecular flexibility index (Phi) is 4.85. The number of hydrogen-bond acceptors (Lipinski definition) is 4. The van der Waals surface area contributed by atoms with Crippen molar-refractivity contribution in [2.45, 2.75) is 13.3 Å². The molecule has 2 aromatic heterocycles. The van der Waals surface area contributed by atoms with Crippen LogP contribution in [0.1, 0.15) is 17.0 Å². The fourth-order valence-corrected chi connectivity index (χ4v) is 4.57. The largest absolute Gasteiger partial charge is 0.496 e. The number of aromatic amines is 1. The zero-order chi connectivity index (χ0) is 19.0. The fourth-order valence-electron chi connectivity index (χ4n) is 3.15. The van der Waals surface area contributed by atoms with Crippen molar-refractivity contribution in [2.24, 2.45) is 0 Å². The maximum Gasteiger partial charge on any atom is 0.260 e. The average Bonchev–Trinajstić information content (AvgIpc) is 3.08. The smallest absolute Gasteiger partial charge is 0.260 e. The molecule has 0 aliphatic carbocycles. The topological polar surface area (TPSA) is 55.0 Å². The third-order valence-electron chi connectivity index (χ3n) is 4.46. The molecule has 0 saturated carbocycles. The van der Waals surface area contributed by atoms with E-state index in [0.717, 1.165) is 37.3 Å². The van der Waals surface area contributed by atoms with E-state index in [2.05, 4.69) is 27.0 Å². The summed E-state index contributed by atoms with van der Waals surface area (Å²) in [6.45, 7) is 2.04. The van der Waals surface area contributed by atoms with Crippen LogP contribution in [0, 0.1) is 6.92 Å². The number of nitrogens with one attached hydrogen (secondary N) is 1. The number of aromatic nitrogens is 2. The highest BCUT2D eigenvalue weighted by Crippen LogP contribution is 2.36. The van der Waals surface area contributed by atoms with E-state index in [9.17, 15) is 4.79 Å². The standard InChI is InChI=1S/C21H17BrN2O2S/c1-12-7-8-16(22)14(9-12)15-11-27-21-19(15)20(25)23-18(24-21)10-13-5-3-4-6-17(13)26-2/h3-9,11H,10H2,1-2H3,(H,23,24,25). The molecule has 0 aliphatic heterocycles. The highest BCUT2D eigenvalue weighted by atomic mass is 79.9. The van der Waals surface area contributed by atoms with Crippen LogP contribution in [0.5, 0.6) is 5.75 Å². The van der Waals surface area contributed by atoms with E-state index in [1.807, 2.05) is 48.7 Å². The quantitative estimate of drug-likeness (QED) is 0.466. The number of fused-ring (bicyclic) bond motifs is 1. The summed E-state index contributed by atoms with van der Waals surface area (Å²) in [7, 11) is 1.64. The number of halogens is 1. The summed E-state index contributed by atoms with van der Waals surface area (Å²) in [4.78, 5) is 21.2. The van der Waals surface area contributed by atoms with Crippen LogP contribution < -0.4 is 10.3 Å². The Bertz CT molecular complexity index is 1200. The number of benzene rings is 2. The Morgan fingerprint density at radius 1 is 1.19 bits per heavy atom. The number of ether oxygens (including phenoxy) is 1. The molecule has 0 saturated heterocycles. The van der Waals surface area contributed by atoms with Crippen LogP contribution in [0.2, 0.25) is 0 Å². The van der Waals surface area contributed by atoms with Crippen LogP contribution in [0.3, 0.4) is 0 Å². The van der Waals surface area contributed by atoms with E-state index in [1.54, 1.807) is 7.11 Å². The van der Waals surface area contributed by atoms with Gasteiger partial charge < -0.3 is 9.72 Å². The van der Waals surface area contributed by atoms with Gasteiger partial charge in [0.1, 0.15) is 16.4 Å². The molecule has 0 aliphatic rings. The minimum atomic E-state index is -0.116. The van der Waals surface area contributed by atoms with Gasteiger partial charge in [0, 0.05) is 27.4 Å². The lowest BCUT2D eigenvalue weighted by Gasteiger charge is -2.08. The second-order valence-electron chi connectivity index (χ2n) is 6.31. The molecule has 4 rings (SSSR count). The number of methoxy groups -OCH3 is 1. The van der Waals surface area contributed by atoms with E-state index < -0.39 is 0 Å². The molecule has 0 bridgehead atoms. The number of nitrogens with zero attached hydrogens (tertiary/aromatic N) is 1. The van der Waals surface area contributed by atoms with Crippen molar-refractivity contribution >= 4 is 37.5 Å². The van der Waals surface area contributed by atoms with Gasteiger partial charge in [0.05, 0.1) is 12.5 Å². The van der Waals surface area contributed by atoms with Crippen LogP contribution >= 0.6 is 27.3 Å². The number of aryl methyl sites for hydroxylation is 1. The first kappa shape index (κ1) is 17.9. The van der Waals surface area contributed by atoms with Gasteiger partial charge in [-0.2, -0.15) is 0 Å². The van der Waals surface area contributed by atoms with E-state index >= 15 is 0 Å². The zero-order valence-electron chi connectivity index (χ0n) is 14.9. The molecule has 27 heavy (non-hydrogen) atoms. The van der Waals surface area contributed by atoms with Crippen molar-refractivity contribution < 1.29 is 4.74 Å². The van der Waals surface area contributed by atoms with Gasteiger partial charge in [-0.3, -0.25) is 4.79 Å². The lowest BCUT2D eigenvalue weighted by molar-refractivity contribution is 0.410. The third-order valence-corrected chi connectivity index (χ3v) is 6.02. The van der Waals surface area contributed by atoms with Crippen molar-refractivity contribution in [1.29, 1.82) is 0 Å². The van der Waals surface area contributed by atoms with Crippen LogP contribution in [-0.4, -0.2) is 17.1 Å². The Balaban J connectivity index is 1.80. The van der Waals surface area contributed by atoms with Crippen LogP contribution in [0.25, 0.3) is 21.3 Å². The Morgan fingerprint density at radius 3 is 2.81 bits per heavy atom. The second-order valence-corrected chi connectivity index (χ2v) is 8.03. The van der Waals surface area contributed by atoms with Crippen LogP contribution in [0.15, 0.2) is 57.1 Å². The van der Waals surface area contributed by atoms with E-state index in [1.165, 1.54) is 11.3 Å². The minimum absolute atomic E-state index is 0.116. The predicted molar refractivity (Wildman–Crippen MR) is 114 cm³/mol. The monoisotopic (exact) mass is 440 g/mol. The number of hydrogen-bond donors (Lipinski definition) is 1. The van der Waals surface area contributed by atoms with Crippen molar-refractivity contribution in [2.75, 3.05) is 7.11 Å². The molecule has 2 heterocycles. The molecule has 136 valence electrons. The maximum absolute atomic E-state index is 12.9. The average molecular weight is 441 g/mol. The van der Waals surface area contributed by atoms with Crippen molar-refractivity contribution in [3.05, 3.63) is 79.6 Å². The van der Waals surface area contributed by atoms with Gasteiger partial charge in [-0.1, -0.05) is 51.8 Å².